The van der Waals surface area contributed by atoms with Crippen molar-refractivity contribution in [2.75, 3.05) is 13.1 Å². The van der Waals surface area contributed by atoms with Gasteiger partial charge >= 0.3 is 0 Å². The Morgan fingerprint density at radius 2 is 1.74 bits per heavy atom. The number of hydrogen-bond acceptors (Lipinski definition) is 5. The fraction of sp³-hybridized carbons (Fsp3) is 0.172. The Balaban J connectivity index is 1.24. The summed E-state index contributed by atoms with van der Waals surface area (Å²) >= 11 is 0. The van der Waals surface area contributed by atoms with Gasteiger partial charge in [0.2, 0.25) is 0 Å². The topological polar surface area (TPSA) is 86.4 Å². The maximum absolute atomic E-state index is 13.6. The maximum atomic E-state index is 13.6. The Hall–Kier alpha value is -4.57. The first-order valence-electron chi connectivity index (χ1n) is 12.6. The Morgan fingerprint density at radius 3 is 2.56 bits per heavy atom. The molecule has 0 spiro atoms. The maximum Gasteiger partial charge on any atom is 0.261 e. The lowest BCUT2D eigenvalue weighted by molar-refractivity contribution is 0.0115. The van der Waals surface area contributed by atoms with Crippen molar-refractivity contribution in [3.05, 3.63) is 84.6 Å². The smallest absolute Gasteiger partial charge is 0.261 e. The van der Waals surface area contributed by atoms with Crippen LogP contribution >= 0.6 is 0 Å². The van der Waals surface area contributed by atoms with Crippen LogP contribution in [0, 0.1) is 5.82 Å². The summed E-state index contributed by atoms with van der Waals surface area (Å²) in [6.07, 6.45) is 5.07. The van der Waals surface area contributed by atoms with E-state index in [1.807, 2.05) is 30.3 Å². The van der Waals surface area contributed by atoms with E-state index in [2.05, 4.69) is 25.1 Å². The van der Waals surface area contributed by atoms with Gasteiger partial charge in [-0.05, 0) is 59.7 Å². The second-order valence-corrected chi connectivity index (χ2v) is 9.88. The van der Waals surface area contributed by atoms with E-state index in [1.165, 1.54) is 12.1 Å². The molecule has 0 atom stereocenters. The van der Waals surface area contributed by atoms with Gasteiger partial charge in [0, 0.05) is 54.6 Å². The van der Waals surface area contributed by atoms with Crippen molar-refractivity contribution in [3.63, 3.8) is 0 Å². The van der Waals surface area contributed by atoms with E-state index >= 15 is 0 Å². The number of aromatic amines is 2. The third-order valence-corrected chi connectivity index (χ3v) is 7.09. The van der Waals surface area contributed by atoms with Gasteiger partial charge < -0.3 is 4.98 Å². The van der Waals surface area contributed by atoms with Gasteiger partial charge in [0.05, 0.1) is 23.3 Å². The minimum Gasteiger partial charge on any atom is -0.336 e. The number of H-pyrrole nitrogens is 2. The molecule has 0 unspecified atom stereocenters. The largest absolute Gasteiger partial charge is 0.336 e. The molecular formula is C29H22F3N7. The van der Waals surface area contributed by atoms with E-state index in [9.17, 15) is 13.2 Å². The Morgan fingerprint density at radius 1 is 0.897 bits per heavy atom. The molecule has 0 radical (unpaired) electrons. The summed E-state index contributed by atoms with van der Waals surface area (Å²) in [7, 11) is 0. The molecule has 194 valence electrons. The van der Waals surface area contributed by atoms with E-state index in [4.69, 9.17) is 4.98 Å². The van der Waals surface area contributed by atoms with Crippen LogP contribution in [-0.2, 0) is 6.54 Å². The zero-order valence-corrected chi connectivity index (χ0v) is 20.6. The van der Waals surface area contributed by atoms with Crippen LogP contribution in [0.5, 0.6) is 0 Å². The van der Waals surface area contributed by atoms with Crippen LogP contribution in [0.1, 0.15) is 12.0 Å². The zero-order chi connectivity index (χ0) is 26.6. The molecule has 6 aromatic rings. The monoisotopic (exact) mass is 525 g/mol. The van der Waals surface area contributed by atoms with Gasteiger partial charge in [-0.1, -0.05) is 6.07 Å². The van der Waals surface area contributed by atoms with Crippen molar-refractivity contribution in [1.82, 2.24) is 35.0 Å². The third-order valence-electron chi connectivity index (χ3n) is 7.09. The Bertz CT molecular complexity index is 1820. The quantitative estimate of drug-likeness (QED) is 0.280. The van der Waals surface area contributed by atoms with Crippen molar-refractivity contribution < 1.29 is 13.2 Å². The highest BCUT2D eigenvalue weighted by Crippen LogP contribution is 2.33. The first-order chi connectivity index (χ1) is 18.9. The van der Waals surface area contributed by atoms with E-state index < -0.39 is 5.92 Å². The molecule has 10 heteroatoms. The first-order valence-corrected chi connectivity index (χ1v) is 12.6. The molecule has 7 rings (SSSR count). The molecule has 0 aliphatic carbocycles. The number of halogens is 3. The standard InChI is InChI=1S/C29H22F3N7/c30-21-4-1-18(2-5-21)25-27-24(7-9-34-25)35-28(36-27)26-22-12-19(3-6-23(22)37-38-26)20-11-17(13-33-14-20)15-39-10-8-29(31,32)16-39/h1-7,9,11-14H,8,10,15-16H2,(H,35,36)(H,37,38). The molecule has 2 N–H and O–H groups in total. The van der Waals surface area contributed by atoms with E-state index in [1.54, 1.807) is 35.6 Å². The van der Waals surface area contributed by atoms with E-state index in [0.717, 1.165) is 38.7 Å². The molecule has 1 aliphatic rings. The molecular weight excluding hydrogens is 503 g/mol. The molecule has 0 bridgehead atoms. The van der Waals surface area contributed by atoms with Crippen LogP contribution in [0.3, 0.4) is 0 Å². The van der Waals surface area contributed by atoms with Gasteiger partial charge in [0.25, 0.3) is 5.92 Å². The summed E-state index contributed by atoms with van der Waals surface area (Å²) < 4.78 is 40.7. The number of nitrogens with zero attached hydrogens (tertiary/aromatic N) is 5. The summed E-state index contributed by atoms with van der Waals surface area (Å²) in [5, 5.41) is 8.46. The molecule has 1 fully saturated rings. The number of likely N-dealkylation sites (tertiary alicyclic amines) is 1. The van der Waals surface area contributed by atoms with Gasteiger partial charge in [0.1, 0.15) is 17.0 Å². The molecule has 4 aromatic heterocycles. The number of nitrogens with one attached hydrogen (secondary N) is 2. The third kappa shape index (κ3) is 4.42. The van der Waals surface area contributed by atoms with Crippen LogP contribution in [0.15, 0.2) is 73.2 Å². The number of pyridine rings is 2. The fourth-order valence-corrected chi connectivity index (χ4v) is 5.17. The Kier molecular flexibility index (Phi) is 5.44. The lowest BCUT2D eigenvalue weighted by Gasteiger charge is -2.15. The number of hydrogen-bond donors (Lipinski definition) is 2. The normalized spacial score (nSPS) is 15.5. The lowest BCUT2D eigenvalue weighted by Crippen LogP contribution is -2.24. The average Bonchev–Trinajstić information content (AvgIpc) is 3.64. The predicted molar refractivity (Wildman–Crippen MR) is 142 cm³/mol. The summed E-state index contributed by atoms with van der Waals surface area (Å²) in [6.45, 7) is 0.577. The molecule has 1 saturated heterocycles. The average molecular weight is 526 g/mol. The predicted octanol–water partition coefficient (Wildman–Crippen LogP) is 6.21. The highest BCUT2D eigenvalue weighted by atomic mass is 19.3. The van der Waals surface area contributed by atoms with E-state index in [0.29, 0.717) is 35.8 Å². The van der Waals surface area contributed by atoms with Crippen LogP contribution in [-0.4, -0.2) is 54.0 Å². The van der Waals surface area contributed by atoms with Gasteiger partial charge in [-0.25, -0.2) is 18.2 Å². The molecule has 39 heavy (non-hydrogen) atoms. The minimum atomic E-state index is -2.62. The summed E-state index contributed by atoms with van der Waals surface area (Å²) in [5.41, 5.74) is 7.05. The fourth-order valence-electron chi connectivity index (χ4n) is 5.17. The number of alkyl halides is 2. The van der Waals surface area contributed by atoms with Gasteiger partial charge in [-0.15, -0.1) is 0 Å². The van der Waals surface area contributed by atoms with Crippen molar-refractivity contribution >= 4 is 21.9 Å². The molecule has 0 amide bonds. The number of rotatable bonds is 5. The minimum absolute atomic E-state index is 0.108. The van der Waals surface area contributed by atoms with Crippen molar-refractivity contribution in [3.8, 4) is 33.9 Å². The number of fused-ring (bicyclic) bond motifs is 2. The highest BCUT2D eigenvalue weighted by molar-refractivity contribution is 5.97. The van der Waals surface area contributed by atoms with Gasteiger partial charge in [0.15, 0.2) is 5.82 Å². The SMILES string of the molecule is Fc1ccc(-c2nccc3[nH]c(-c4n[nH]c5ccc(-c6cncc(CN7CCC(F)(F)C7)c6)cc45)nc23)cc1. The number of imidazole rings is 1. The van der Waals surface area contributed by atoms with E-state index in [-0.39, 0.29) is 18.8 Å². The summed E-state index contributed by atoms with van der Waals surface area (Å²) in [6, 6.07) is 15.9. The molecule has 1 aliphatic heterocycles. The van der Waals surface area contributed by atoms with Crippen LogP contribution in [0.4, 0.5) is 13.2 Å². The summed E-state index contributed by atoms with van der Waals surface area (Å²) in [5.74, 6) is -2.36. The zero-order valence-electron chi connectivity index (χ0n) is 20.6. The van der Waals surface area contributed by atoms with Crippen LogP contribution in [0.2, 0.25) is 0 Å². The lowest BCUT2D eigenvalue weighted by atomic mass is 10.0. The highest BCUT2D eigenvalue weighted by Gasteiger charge is 2.37. The van der Waals surface area contributed by atoms with Gasteiger partial charge in [-0.3, -0.25) is 20.0 Å². The van der Waals surface area contributed by atoms with Crippen LogP contribution in [0.25, 0.3) is 55.8 Å². The van der Waals surface area contributed by atoms with Crippen molar-refractivity contribution in [1.29, 1.82) is 0 Å². The van der Waals surface area contributed by atoms with Crippen molar-refractivity contribution in [2.45, 2.75) is 18.9 Å². The second-order valence-electron chi connectivity index (χ2n) is 9.88. The molecule has 0 saturated carbocycles. The van der Waals surface area contributed by atoms with Gasteiger partial charge in [-0.2, -0.15) is 5.10 Å². The molecule has 5 heterocycles. The number of aromatic nitrogens is 6. The van der Waals surface area contributed by atoms with Crippen molar-refractivity contribution in [2.24, 2.45) is 0 Å². The second kappa shape index (κ2) is 9.02. The molecule has 2 aromatic carbocycles. The first kappa shape index (κ1) is 23.5. The Labute approximate surface area is 220 Å². The number of benzene rings is 2. The summed E-state index contributed by atoms with van der Waals surface area (Å²) in [4.78, 5) is 18.8. The van der Waals surface area contributed by atoms with Crippen LogP contribution < -0.4 is 0 Å². The molecule has 7 nitrogen and oxygen atoms in total.